The van der Waals surface area contributed by atoms with Crippen LogP contribution in [0.25, 0.3) is 21.9 Å². The summed E-state index contributed by atoms with van der Waals surface area (Å²) in [5, 5.41) is 14.9. The standard InChI is InChI=1S/C28H30N8O2/c1-17-32-22-14-18(7-9-23(22)34(17)5)6-8-21-25-24(11-13-31-26(25)30)36(33-21)20-15-19(10-12-29)35(16-20)27(37)38-28(2,3)4/h7,9,11,13-14,19-20H,10,15-16H2,1-5H3,(H2,30,31)/t19-,20-/m0/s1. The number of amides is 1. The summed E-state index contributed by atoms with van der Waals surface area (Å²) < 4.78 is 9.51. The molecule has 4 heterocycles. The van der Waals surface area contributed by atoms with Gasteiger partial charge in [0.25, 0.3) is 0 Å². The zero-order chi connectivity index (χ0) is 27.2. The molecule has 5 rings (SSSR count). The van der Waals surface area contributed by atoms with Crippen LogP contribution in [-0.4, -0.2) is 53.5 Å². The number of pyridine rings is 1. The summed E-state index contributed by atoms with van der Waals surface area (Å²) >= 11 is 0. The fraction of sp³-hybridized carbons (Fsp3) is 0.393. The Morgan fingerprint density at radius 3 is 2.76 bits per heavy atom. The highest BCUT2D eigenvalue weighted by atomic mass is 16.6. The third-order valence-corrected chi connectivity index (χ3v) is 6.77. The minimum atomic E-state index is -0.634. The van der Waals surface area contributed by atoms with Crippen molar-refractivity contribution in [1.29, 1.82) is 5.26 Å². The molecule has 10 nitrogen and oxygen atoms in total. The number of fused-ring (bicyclic) bond motifs is 2. The quantitative estimate of drug-likeness (QED) is 0.403. The number of hydrogen-bond donors (Lipinski definition) is 1. The molecule has 0 aliphatic carbocycles. The van der Waals surface area contributed by atoms with Crippen molar-refractivity contribution in [2.24, 2.45) is 7.05 Å². The summed E-state index contributed by atoms with van der Waals surface area (Å²) in [7, 11) is 1.98. The summed E-state index contributed by atoms with van der Waals surface area (Å²) in [6, 6.07) is 9.52. The first kappa shape index (κ1) is 25.1. The van der Waals surface area contributed by atoms with Crippen LogP contribution in [-0.2, 0) is 11.8 Å². The van der Waals surface area contributed by atoms with Crippen molar-refractivity contribution in [3.05, 3.63) is 47.5 Å². The predicted molar refractivity (Wildman–Crippen MR) is 144 cm³/mol. The fourth-order valence-electron chi connectivity index (χ4n) is 4.92. The first-order valence-electron chi connectivity index (χ1n) is 12.5. The Balaban J connectivity index is 1.51. The molecule has 1 aliphatic rings. The van der Waals surface area contributed by atoms with Crippen molar-refractivity contribution in [3.63, 3.8) is 0 Å². The van der Waals surface area contributed by atoms with Crippen LogP contribution in [0.15, 0.2) is 30.5 Å². The number of hydrogen-bond acceptors (Lipinski definition) is 7. The van der Waals surface area contributed by atoms with E-state index in [-0.39, 0.29) is 18.5 Å². The molecule has 1 aromatic carbocycles. The number of ether oxygens (including phenoxy) is 1. The Bertz CT molecular complexity index is 1660. The van der Waals surface area contributed by atoms with Crippen LogP contribution in [0.3, 0.4) is 0 Å². The highest BCUT2D eigenvalue weighted by Gasteiger charge is 2.39. The summed E-state index contributed by atoms with van der Waals surface area (Å²) in [5.41, 5.74) is 9.67. The number of carbonyl (C=O) groups is 1. The van der Waals surface area contributed by atoms with Crippen LogP contribution in [0.4, 0.5) is 10.6 Å². The Morgan fingerprint density at radius 1 is 1.24 bits per heavy atom. The van der Waals surface area contributed by atoms with E-state index in [1.165, 1.54) is 0 Å². The van der Waals surface area contributed by atoms with E-state index in [9.17, 15) is 10.1 Å². The van der Waals surface area contributed by atoms with Crippen molar-refractivity contribution in [2.75, 3.05) is 12.3 Å². The van der Waals surface area contributed by atoms with Gasteiger partial charge in [0.15, 0.2) is 0 Å². The minimum absolute atomic E-state index is 0.173. The zero-order valence-electron chi connectivity index (χ0n) is 22.2. The van der Waals surface area contributed by atoms with Crippen LogP contribution in [0, 0.1) is 30.1 Å². The lowest BCUT2D eigenvalue weighted by Gasteiger charge is -2.27. The molecule has 2 atom stereocenters. The Labute approximate surface area is 221 Å². The van der Waals surface area contributed by atoms with Crippen molar-refractivity contribution < 1.29 is 9.53 Å². The summed E-state index contributed by atoms with van der Waals surface area (Å²) in [5.74, 6) is 7.65. The van der Waals surface area contributed by atoms with E-state index in [0.717, 1.165) is 27.9 Å². The molecule has 10 heteroatoms. The van der Waals surface area contributed by atoms with Gasteiger partial charge in [-0.05, 0) is 64.3 Å². The number of nitrogens with two attached hydrogens (primary N) is 1. The van der Waals surface area contributed by atoms with Crippen LogP contribution in [0.5, 0.6) is 0 Å². The minimum Gasteiger partial charge on any atom is -0.444 e. The second kappa shape index (κ2) is 9.38. The van der Waals surface area contributed by atoms with E-state index in [2.05, 4.69) is 27.9 Å². The number of nitrogen functional groups attached to an aromatic ring is 1. The van der Waals surface area contributed by atoms with Crippen LogP contribution in [0.2, 0.25) is 0 Å². The van der Waals surface area contributed by atoms with Gasteiger partial charge >= 0.3 is 6.09 Å². The lowest BCUT2D eigenvalue weighted by Crippen LogP contribution is -2.40. The van der Waals surface area contributed by atoms with Gasteiger partial charge in [0, 0.05) is 25.4 Å². The topological polar surface area (TPSA) is 128 Å². The SMILES string of the molecule is Cc1nc2cc(C#Cc3nn([C@H]4C[C@H](CC#N)N(C(=O)OC(C)(C)C)C4)c4ccnc(N)c34)ccc2n1C. The lowest BCUT2D eigenvalue weighted by molar-refractivity contribution is 0.0225. The van der Waals surface area contributed by atoms with E-state index < -0.39 is 11.7 Å². The van der Waals surface area contributed by atoms with Gasteiger partial charge in [-0.2, -0.15) is 10.4 Å². The van der Waals surface area contributed by atoms with Gasteiger partial charge in [-0.1, -0.05) is 5.92 Å². The summed E-state index contributed by atoms with van der Waals surface area (Å²) in [6.45, 7) is 7.81. The second-order valence-corrected chi connectivity index (χ2v) is 10.6. The van der Waals surface area contributed by atoms with Gasteiger partial charge in [0.1, 0.15) is 22.9 Å². The van der Waals surface area contributed by atoms with Gasteiger partial charge < -0.3 is 19.9 Å². The third kappa shape index (κ3) is 4.61. The molecule has 0 spiro atoms. The maximum atomic E-state index is 12.9. The third-order valence-electron chi connectivity index (χ3n) is 6.77. The molecule has 0 unspecified atom stereocenters. The predicted octanol–water partition coefficient (Wildman–Crippen LogP) is 4.07. The van der Waals surface area contributed by atoms with E-state index in [1.54, 1.807) is 11.1 Å². The van der Waals surface area contributed by atoms with Gasteiger partial charge in [0.2, 0.25) is 0 Å². The van der Waals surface area contributed by atoms with Crippen molar-refractivity contribution in [2.45, 2.75) is 58.2 Å². The number of carbonyl (C=O) groups excluding carboxylic acids is 1. The number of rotatable bonds is 2. The van der Waals surface area contributed by atoms with Gasteiger partial charge in [-0.3, -0.25) is 4.68 Å². The highest BCUT2D eigenvalue weighted by Crippen LogP contribution is 2.34. The van der Waals surface area contributed by atoms with Crippen LogP contribution >= 0.6 is 0 Å². The molecule has 4 aromatic rings. The van der Waals surface area contributed by atoms with E-state index in [4.69, 9.17) is 15.6 Å². The second-order valence-electron chi connectivity index (χ2n) is 10.6. The molecule has 3 aromatic heterocycles. The van der Waals surface area contributed by atoms with Gasteiger partial charge in [0.05, 0.1) is 46.5 Å². The maximum Gasteiger partial charge on any atom is 0.410 e. The molecule has 38 heavy (non-hydrogen) atoms. The number of nitriles is 1. The Kier molecular flexibility index (Phi) is 6.20. The first-order chi connectivity index (χ1) is 18.1. The molecule has 1 aliphatic heterocycles. The fourth-order valence-corrected chi connectivity index (χ4v) is 4.92. The van der Waals surface area contributed by atoms with E-state index in [1.807, 2.05) is 68.3 Å². The first-order valence-corrected chi connectivity index (χ1v) is 12.5. The average molecular weight is 511 g/mol. The molecule has 0 radical (unpaired) electrons. The number of anilines is 1. The van der Waals surface area contributed by atoms with Gasteiger partial charge in [-0.25, -0.2) is 14.8 Å². The number of aromatic nitrogens is 5. The summed E-state index contributed by atoms with van der Waals surface area (Å²) in [4.78, 5) is 23.4. The number of nitrogens with zero attached hydrogens (tertiary/aromatic N) is 7. The van der Waals surface area contributed by atoms with Gasteiger partial charge in [-0.15, -0.1) is 0 Å². The molecule has 1 amide bonds. The lowest BCUT2D eigenvalue weighted by atomic mass is 10.1. The molecule has 0 bridgehead atoms. The average Bonchev–Trinajstić information content (AvgIpc) is 3.51. The monoisotopic (exact) mass is 510 g/mol. The summed E-state index contributed by atoms with van der Waals surface area (Å²) in [6.07, 6.45) is 1.98. The number of imidazole rings is 1. The smallest absolute Gasteiger partial charge is 0.410 e. The Morgan fingerprint density at radius 2 is 2.03 bits per heavy atom. The van der Waals surface area contributed by atoms with E-state index >= 15 is 0 Å². The van der Waals surface area contributed by atoms with Crippen LogP contribution in [0.1, 0.15) is 56.7 Å². The Hall–Kier alpha value is -4.57. The molecule has 0 saturated carbocycles. The zero-order valence-corrected chi connectivity index (χ0v) is 22.2. The molecule has 2 N–H and O–H groups in total. The van der Waals surface area contributed by atoms with Crippen molar-refractivity contribution >= 4 is 33.8 Å². The highest BCUT2D eigenvalue weighted by molar-refractivity contribution is 5.93. The normalized spacial score (nSPS) is 17.4. The largest absolute Gasteiger partial charge is 0.444 e. The molecule has 1 saturated heterocycles. The number of aryl methyl sites for hydroxylation is 2. The molecule has 1 fully saturated rings. The maximum absolute atomic E-state index is 12.9. The molecular weight excluding hydrogens is 480 g/mol. The van der Waals surface area contributed by atoms with Crippen molar-refractivity contribution in [3.8, 4) is 17.9 Å². The number of benzene rings is 1. The number of likely N-dealkylation sites (tertiary alicyclic amines) is 1. The van der Waals surface area contributed by atoms with Crippen LogP contribution < -0.4 is 5.73 Å². The van der Waals surface area contributed by atoms with Crippen molar-refractivity contribution in [1.82, 2.24) is 29.2 Å². The molecule has 194 valence electrons. The van der Waals surface area contributed by atoms with E-state index in [0.29, 0.717) is 29.9 Å². The molecular formula is C28H30N8O2.